The summed E-state index contributed by atoms with van der Waals surface area (Å²) < 4.78 is 0.383. The highest BCUT2D eigenvalue weighted by Crippen LogP contribution is 2.07. The SMILES string of the molecule is Cc1cccc(CC(=O)[N+](C)(C)C)c1. The van der Waals surface area contributed by atoms with Crippen LogP contribution in [0.25, 0.3) is 0 Å². The van der Waals surface area contributed by atoms with Crippen molar-refractivity contribution in [2.45, 2.75) is 13.3 Å². The molecule has 0 bridgehead atoms. The molecule has 0 aromatic heterocycles. The zero-order chi connectivity index (χ0) is 10.8. The lowest BCUT2D eigenvalue weighted by Gasteiger charge is -2.20. The van der Waals surface area contributed by atoms with Crippen LogP contribution >= 0.6 is 0 Å². The molecule has 2 nitrogen and oxygen atoms in total. The zero-order valence-electron chi connectivity index (χ0n) is 9.37. The molecule has 0 aliphatic heterocycles. The number of carbonyl (C=O) groups excluding carboxylic acids is 1. The lowest BCUT2D eigenvalue weighted by atomic mass is 10.1. The summed E-state index contributed by atoms with van der Waals surface area (Å²) in [6.45, 7) is 2.04. The van der Waals surface area contributed by atoms with Gasteiger partial charge < -0.3 is 0 Å². The highest BCUT2D eigenvalue weighted by atomic mass is 16.2. The molecule has 0 aliphatic carbocycles. The minimum Gasteiger partial charge on any atom is -0.267 e. The third-order valence-corrected chi connectivity index (χ3v) is 2.19. The predicted molar refractivity (Wildman–Crippen MR) is 57.9 cm³/mol. The first-order valence-electron chi connectivity index (χ1n) is 4.80. The number of hydrogen-bond acceptors (Lipinski definition) is 1. The molecule has 0 N–H and O–H groups in total. The lowest BCUT2D eigenvalue weighted by molar-refractivity contribution is -0.792. The molecule has 0 aliphatic rings. The molecule has 1 aromatic rings. The zero-order valence-corrected chi connectivity index (χ0v) is 9.37. The monoisotopic (exact) mass is 192 g/mol. The van der Waals surface area contributed by atoms with E-state index >= 15 is 0 Å². The molecule has 1 aromatic carbocycles. The predicted octanol–water partition coefficient (Wildman–Crippen LogP) is 1.77. The van der Waals surface area contributed by atoms with Gasteiger partial charge in [0.05, 0.1) is 27.6 Å². The fraction of sp³-hybridized carbons (Fsp3) is 0.417. The Morgan fingerprint density at radius 1 is 1.29 bits per heavy atom. The quantitative estimate of drug-likeness (QED) is 0.653. The van der Waals surface area contributed by atoms with Crippen LogP contribution in [0.15, 0.2) is 24.3 Å². The van der Waals surface area contributed by atoms with Crippen LogP contribution in [0, 0.1) is 6.92 Å². The van der Waals surface area contributed by atoms with E-state index in [0.717, 1.165) is 5.56 Å². The largest absolute Gasteiger partial charge is 0.317 e. The molecule has 14 heavy (non-hydrogen) atoms. The van der Waals surface area contributed by atoms with E-state index in [4.69, 9.17) is 0 Å². The smallest absolute Gasteiger partial charge is 0.267 e. The number of nitrogens with zero attached hydrogens (tertiary/aromatic N) is 1. The Hall–Kier alpha value is -1.15. The molecule has 1 rings (SSSR count). The van der Waals surface area contributed by atoms with Crippen LogP contribution in [0.5, 0.6) is 0 Å². The van der Waals surface area contributed by atoms with Crippen LogP contribution in [-0.2, 0) is 11.2 Å². The molecule has 2 heteroatoms. The molecule has 0 atom stereocenters. The van der Waals surface area contributed by atoms with Crippen LogP contribution in [0.1, 0.15) is 11.1 Å². The van der Waals surface area contributed by atoms with Gasteiger partial charge in [-0.1, -0.05) is 29.8 Å². The number of carbonyl (C=O) groups is 1. The van der Waals surface area contributed by atoms with Crippen molar-refractivity contribution in [2.24, 2.45) is 0 Å². The average Bonchev–Trinajstić information content (AvgIpc) is 2.02. The number of likely N-dealkylation sites (N-methyl/N-ethyl adjacent to an activating group) is 1. The molecule has 0 radical (unpaired) electrons. The summed E-state index contributed by atoms with van der Waals surface area (Å²) >= 11 is 0. The van der Waals surface area contributed by atoms with Crippen molar-refractivity contribution in [1.29, 1.82) is 0 Å². The van der Waals surface area contributed by atoms with Gasteiger partial charge in [-0.05, 0) is 12.5 Å². The van der Waals surface area contributed by atoms with Crippen molar-refractivity contribution >= 4 is 5.91 Å². The molecule has 76 valence electrons. The van der Waals surface area contributed by atoms with Crippen molar-refractivity contribution in [1.82, 2.24) is 0 Å². The molecule has 1 amide bonds. The second-order valence-electron chi connectivity index (χ2n) is 4.57. The number of rotatable bonds is 2. The summed E-state index contributed by atoms with van der Waals surface area (Å²) in [5.74, 6) is 0.232. The van der Waals surface area contributed by atoms with Crippen molar-refractivity contribution in [3.8, 4) is 0 Å². The van der Waals surface area contributed by atoms with Crippen LogP contribution < -0.4 is 0 Å². The standard InChI is InChI=1S/C12H18NO/c1-10-6-5-7-11(8-10)9-12(14)13(2,3)4/h5-8H,9H2,1-4H3/q+1. The van der Waals surface area contributed by atoms with E-state index in [9.17, 15) is 4.79 Å². The normalized spacial score (nSPS) is 11.4. The van der Waals surface area contributed by atoms with Gasteiger partial charge in [0, 0.05) is 0 Å². The number of benzene rings is 1. The second-order valence-corrected chi connectivity index (χ2v) is 4.57. The average molecular weight is 192 g/mol. The third kappa shape index (κ3) is 2.96. The molecular formula is C12H18NO+. The van der Waals surface area contributed by atoms with Crippen molar-refractivity contribution in [2.75, 3.05) is 21.1 Å². The minimum atomic E-state index is 0.232. The molecule has 0 unspecified atom stereocenters. The Balaban J connectivity index is 2.75. The minimum absolute atomic E-state index is 0.232. The molecular weight excluding hydrogens is 174 g/mol. The highest BCUT2D eigenvalue weighted by molar-refractivity contribution is 5.71. The van der Waals surface area contributed by atoms with Gasteiger partial charge >= 0.3 is 5.91 Å². The van der Waals surface area contributed by atoms with Crippen molar-refractivity contribution < 1.29 is 9.28 Å². The Morgan fingerprint density at radius 2 is 1.93 bits per heavy atom. The van der Waals surface area contributed by atoms with E-state index in [1.165, 1.54) is 5.56 Å². The topological polar surface area (TPSA) is 17.1 Å². The number of aryl methyl sites for hydroxylation is 1. The molecule has 0 saturated heterocycles. The van der Waals surface area contributed by atoms with E-state index in [2.05, 4.69) is 6.07 Å². The van der Waals surface area contributed by atoms with Crippen molar-refractivity contribution in [3.63, 3.8) is 0 Å². The van der Waals surface area contributed by atoms with E-state index in [1.807, 2.05) is 46.3 Å². The van der Waals surface area contributed by atoms with Crippen LogP contribution in [-0.4, -0.2) is 31.5 Å². The summed E-state index contributed by atoms with van der Waals surface area (Å²) in [5.41, 5.74) is 2.31. The molecule has 0 fully saturated rings. The van der Waals surface area contributed by atoms with Crippen LogP contribution in [0.4, 0.5) is 0 Å². The summed E-state index contributed by atoms with van der Waals surface area (Å²) in [5, 5.41) is 0. The summed E-state index contributed by atoms with van der Waals surface area (Å²) in [6, 6.07) is 8.10. The highest BCUT2D eigenvalue weighted by Gasteiger charge is 2.20. The third-order valence-electron chi connectivity index (χ3n) is 2.19. The fourth-order valence-electron chi connectivity index (χ4n) is 1.23. The van der Waals surface area contributed by atoms with E-state index in [1.54, 1.807) is 0 Å². The number of hydrogen-bond donors (Lipinski definition) is 0. The maximum Gasteiger partial charge on any atom is 0.317 e. The molecule has 0 heterocycles. The first-order valence-corrected chi connectivity index (χ1v) is 4.80. The maximum absolute atomic E-state index is 11.7. The van der Waals surface area contributed by atoms with Gasteiger partial charge in [0.2, 0.25) is 0 Å². The Morgan fingerprint density at radius 3 is 2.43 bits per heavy atom. The van der Waals surface area contributed by atoms with Crippen LogP contribution in [0.3, 0.4) is 0 Å². The maximum atomic E-state index is 11.7. The molecule has 0 saturated carbocycles. The Kier molecular flexibility index (Phi) is 3.06. The van der Waals surface area contributed by atoms with E-state index < -0.39 is 0 Å². The number of quaternary nitrogens is 1. The Labute approximate surface area is 85.8 Å². The summed E-state index contributed by atoms with van der Waals surface area (Å²) in [4.78, 5) is 11.7. The summed E-state index contributed by atoms with van der Waals surface area (Å²) in [7, 11) is 5.70. The first-order chi connectivity index (χ1) is 6.39. The van der Waals surface area contributed by atoms with Gasteiger partial charge in [0.1, 0.15) is 0 Å². The van der Waals surface area contributed by atoms with Gasteiger partial charge in [-0.2, -0.15) is 0 Å². The van der Waals surface area contributed by atoms with E-state index in [0.29, 0.717) is 10.9 Å². The number of amides is 1. The fourth-order valence-corrected chi connectivity index (χ4v) is 1.23. The molecule has 0 spiro atoms. The lowest BCUT2D eigenvalue weighted by Crippen LogP contribution is -2.42. The van der Waals surface area contributed by atoms with Gasteiger partial charge in [-0.15, -0.1) is 0 Å². The van der Waals surface area contributed by atoms with Gasteiger partial charge in [0.15, 0.2) is 0 Å². The van der Waals surface area contributed by atoms with Crippen LogP contribution in [0.2, 0.25) is 0 Å². The van der Waals surface area contributed by atoms with Crippen molar-refractivity contribution in [3.05, 3.63) is 35.4 Å². The van der Waals surface area contributed by atoms with Gasteiger partial charge in [-0.3, -0.25) is 4.48 Å². The van der Waals surface area contributed by atoms with Gasteiger partial charge in [-0.25, -0.2) is 4.79 Å². The van der Waals surface area contributed by atoms with E-state index in [-0.39, 0.29) is 5.91 Å². The van der Waals surface area contributed by atoms with Gasteiger partial charge in [0.25, 0.3) is 0 Å². The second kappa shape index (κ2) is 3.93. The summed E-state index contributed by atoms with van der Waals surface area (Å²) in [6.07, 6.45) is 0.519. The first kappa shape index (κ1) is 10.9. The Bertz CT molecular complexity index is 336.